The number of nitrogens with one attached hydrogen (secondary N) is 1. The van der Waals surface area contributed by atoms with E-state index in [2.05, 4.69) is 24.2 Å². The Morgan fingerprint density at radius 3 is 2.71 bits per heavy atom. The summed E-state index contributed by atoms with van der Waals surface area (Å²) in [6, 6.07) is 2.51. The van der Waals surface area contributed by atoms with Gasteiger partial charge in [0.15, 0.2) is 0 Å². The first-order chi connectivity index (χ1) is 8.35. The molecule has 1 saturated carbocycles. The fraction of sp³-hybridized carbons (Fsp3) is 1.00. The van der Waals surface area contributed by atoms with Gasteiger partial charge < -0.3 is 5.32 Å². The summed E-state index contributed by atoms with van der Waals surface area (Å²) in [5.41, 5.74) is 0. The van der Waals surface area contributed by atoms with Gasteiger partial charge in [0.1, 0.15) is 0 Å². The Morgan fingerprint density at radius 2 is 1.94 bits per heavy atom. The standard InChI is InChI=1S/C15H30N2/c1-3-14-9-5-4-6-11-17(14)15-10-7-8-13(12-15)16-2/h13-16H,3-12H2,1-2H3. The van der Waals surface area contributed by atoms with Crippen molar-refractivity contribution in [2.24, 2.45) is 0 Å². The van der Waals surface area contributed by atoms with Crippen LogP contribution in [-0.4, -0.2) is 36.6 Å². The third-order valence-corrected chi connectivity index (χ3v) is 4.92. The number of likely N-dealkylation sites (tertiary alicyclic amines) is 1. The quantitative estimate of drug-likeness (QED) is 0.812. The van der Waals surface area contributed by atoms with Crippen LogP contribution in [0.15, 0.2) is 0 Å². The Bertz CT molecular complexity index is 217. The van der Waals surface area contributed by atoms with Gasteiger partial charge in [-0.25, -0.2) is 0 Å². The highest BCUT2D eigenvalue weighted by Gasteiger charge is 2.30. The molecule has 17 heavy (non-hydrogen) atoms. The van der Waals surface area contributed by atoms with E-state index < -0.39 is 0 Å². The number of rotatable bonds is 3. The number of nitrogens with zero attached hydrogens (tertiary/aromatic N) is 1. The molecule has 100 valence electrons. The van der Waals surface area contributed by atoms with Gasteiger partial charge in [-0.05, 0) is 52.1 Å². The molecule has 2 aliphatic rings. The minimum absolute atomic E-state index is 0.773. The Morgan fingerprint density at radius 1 is 1.06 bits per heavy atom. The predicted molar refractivity (Wildman–Crippen MR) is 74.4 cm³/mol. The number of hydrogen-bond donors (Lipinski definition) is 1. The van der Waals surface area contributed by atoms with Crippen molar-refractivity contribution in [2.75, 3.05) is 13.6 Å². The van der Waals surface area contributed by atoms with E-state index in [1.807, 2.05) is 0 Å². The van der Waals surface area contributed by atoms with Gasteiger partial charge in [0.25, 0.3) is 0 Å². The van der Waals surface area contributed by atoms with Crippen molar-refractivity contribution in [3.63, 3.8) is 0 Å². The third kappa shape index (κ3) is 3.45. The maximum Gasteiger partial charge on any atom is 0.0113 e. The molecule has 0 aromatic rings. The van der Waals surface area contributed by atoms with E-state index in [0.29, 0.717) is 0 Å². The molecular weight excluding hydrogens is 208 g/mol. The molecule has 1 N–H and O–H groups in total. The maximum atomic E-state index is 3.49. The van der Waals surface area contributed by atoms with Gasteiger partial charge in [-0.1, -0.05) is 26.2 Å². The smallest absolute Gasteiger partial charge is 0.0113 e. The molecule has 3 atom stereocenters. The van der Waals surface area contributed by atoms with E-state index in [1.165, 1.54) is 64.3 Å². The Hall–Kier alpha value is -0.0800. The SMILES string of the molecule is CCC1CCCCCN1C1CCCC(NC)C1. The highest BCUT2D eigenvalue weighted by atomic mass is 15.2. The molecule has 0 amide bonds. The molecular formula is C15H30N2. The van der Waals surface area contributed by atoms with Gasteiger partial charge in [0.2, 0.25) is 0 Å². The summed E-state index contributed by atoms with van der Waals surface area (Å²) in [6.07, 6.45) is 12.8. The van der Waals surface area contributed by atoms with E-state index in [9.17, 15) is 0 Å². The van der Waals surface area contributed by atoms with Gasteiger partial charge >= 0.3 is 0 Å². The average Bonchev–Trinajstić information content (AvgIpc) is 2.63. The lowest BCUT2D eigenvalue weighted by Crippen LogP contribution is -2.47. The van der Waals surface area contributed by atoms with Crippen molar-refractivity contribution in [3.05, 3.63) is 0 Å². The van der Waals surface area contributed by atoms with Gasteiger partial charge in [0, 0.05) is 18.1 Å². The van der Waals surface area contributed by atoms with Crippen LogP contribution < -0.4 is 5.32 Å². The van der Waals surface area contributed by atoms with Crippen molar-refractivity contribution < 1.29 is 0 Å². The normalized spacial score (nSPS) is 36.7. The van der Waals surface area contributed by atoms with Crippen LogP contribution in [0, 0.1) is 0 Å². The third-order valence-electron chi connectivity index (χ3n) is 4.92. The van der Waals surface area contributed by atoms with E-state index in [-0.39, 0.29) is 0 Å². The average molecular weight is 238 g/mol. The minimum Gasteiger partial charge on any atom is -0.317 e. The lowest BCUT2D eigenvalue weighted by Gasteiger charge is -2.41. The summed E-state index contributed by atoms with van der Waals surface area (Å²) in [6.45, 7) is 3.74. The van der Waals surface area contributed by atoms with Gasteiger partial charge in [-0.3, -0.25) is 4.90 Å². The summed E-state index contributed by atoms with van der Waals surface area (Å²) in [4.78, 5) is 2.87. The van der Waals surface area contributed by atoms with Crippen LogP contribution in [0.2, 0.25) is 0 Å². The Balaban J connectivity index is 1.96. The van der Waals surface area contributed by atoms with Crippen molar-refractivity contribution in [1.82, 2.24) is 10.2 Å². The van der Waals surface area contributed by atoms with Gasteiger partial charge in [-0.15, -0.1) is 0 Å². The molecule has 3 unspecified atom stereocenters. The van der Waals surface area contributed by atoms with E-state index in [1.54, 1.807) is 0 Å². The van der Waals surface area contributed by atoms with Gasteiger partial charge in [0.05, 0.1) is 0 Å². The molecule has 2 nitrogen and oxygen atoms in total. The fourth-order valence-electron chi connectivity index (χ4n) is 3.85. The molecule has 0 bridgehead atoms. The minimum atomic E-state index is 0.773. The van der Waals surface area contributed by atoms with Crippen LogP contribution in [0.1, 0.15) is 64.7 Å². The van der Waals surface area contributed by atoms with Crippen LogP contribution in [-0.2, 0) is 0 Å². The number of hydrogen-bond acceptors (Lipinski definition) is 2. The first-order valence-electron chi connectivity index (χ1n) is 7.78. The second-order valence-electron chi connectivity index (χ2n) is 5.96. The van der Waals surface area contributed by atoms with Crippen molar-refractivity contribution >= 4 is 0 Å². The second-order valence-corrected chi connectivity index (χ2v) is 5.96. The molecule has 2 rings (SSSR count). The molecule has 0 aromatic carbocycles. The molecule has 1 saturated heterocycles. The van der Waals surface area contributed by atoms with Crippen LogP contribution in [0.3, 0.4) is 0 Å². The van der Waals surface area contributed by atoms with Crippen LogP contribution in [0.5, 0.6) is 0 Å². The van der Waals surface area contributed by atoms with E-state index >= 15 is 0 Å². The highest BCUT2D eigenvalue weighted by molar-refractivity contribution is 4.87. The summed E-state index contributed by atoms with van der Waals surface area (Å²) < 4.78 is 0. The monoisotopic (exact) mass is 238 g/mol. The first-order valence-corrected chi connectivity index (χ1v) is 7.78. The predicted octanol–water partition coefficient (Wildman–Crippen LogP) is 3.17. The largest absolute Gasteiger partial charge is 0.317 e. The molecule has 1 aliphatic heterocycles. The fourth-order valence-corrected chi connectivity index (χ4v) is 3.85. The molecule has 0 aromatic heterocycles. The zero-order chi connectivity index (χ0) is 12.1. The Kier molecular flexibility index (Phi) is 5.30. The molecule has 1 aliphatic carbocycles. The molecule has 2 fully saturated rings. The van der Waals surface area contributed by atoms with Crippen molar-refractivity contribution in [1.29, 1.82) is 0 Å². The maximum absolute atomic E-state index is 3.49. The summed E-state index contributed by atoms with van der Waals surface area (Å²) in [5, 5.41) is 3.49. The lowest BCUT2D eigenvalue weighted by atomic mass is 9.88. The molecule has 2 heteroatoms. The molecule has 0 spiro atoms. The van der Waals surface area contributed by atoms with Crippen LogP contribution >= 0.6 is 0 Å². The summed E-state index contributed by atoms with van der Waals surface area (Å²) in [5.74, 6) is 0. The van der Waals surface area contributed by atoms with Crippen molar-refractivity contribution in [2.45, 2.75) is 82.8 Å². The van der Waals surface area contributed by atoms with Crippen molar-refractivity contribution in [3.8, 4) is 0 Å². The van der Waals surface area contributed by atoms with Crippen LogP contribution in [0.4, 0.5) is 0 Å². The summed E-state index contributed by atoms with van der Waals surface area (Å²) >= 11 is 0. The van der Waals surface area contributed by atoms with Crippen LogP contribution in [0.25, 0.3) is 0 Å². The zero-order valence-corrected chi connectivity index (χ0v) is 11.8. The molecule has 0 radical (unpaired) electrons. The topological polar surface area (TPSA) is 15.3 Å². The van der Waals surface area contributed by atoms with E-state index in [4.69, 9.17) is 0 Å². The lowest BCUT2D eigenvalue weighted by molar-refractivity contribution is 0.0937. The van der Waals surface area contributed by atoms with E-state index in [0.717, 1.165) is 18.1 Å². The Labute approximate surface area is 107 Å². The highest BCUT2D eigenvalue weighted by Crippen LogP contribution is 2.29. The first kappa shape index (κ1) is 13.4. The second kappa shape index (κ2) is 6.75. The van der Waals surface area contributed by atoms with Gasteiger partial charge in [-0.2, -0.15) is 0 Å². The molecule has 1 heterocycles. The zero-order valence-electron chi connectivity index (χ0n) is 11.8. The summed E-state index contributed by atoms with van der Waals surface area (Å²) in [7, 11) is 2.13.